The maximum Gasteiger partial charge on any atom is 0.255 e. The molecule has 1 saturated carbocycles. The number of pyridine rings is 1. The molecule has 10 heteroatoms. The fourth-order valence-corrected chi connectivity index (χ4v) is 6.42. The molecule has 10 nitrogen and oxygen atoms in total. The number of aliphatic hydroxyl groups excluding tert-OH is 2. The topological polar surface area (TPSA) is 163 Å². The number of hydrogen-bond donors (Lipinski definition) is 4. The van der Waals surface area contributed by atoms with Crippen LogP contribution in [0.25, 0.3) is 16.9 Å². The minimum absolute atomic E-state index is 0.0496. The number of phenols is 1. The van der Waals surface area contributed by atoms with Gasteiger partial charge in [-0.25, -0.2) is 0 Å². The van der Waals surface area contributed by atoms with Crippen molar-refractivity contribution in [2.45, 2.75) is 25.5 Å². The molecule has 1 aromatic carbocycles. The Balaban J connectivity index is 1.66. The second kappa shape index (κ2) is 9.38. The molecule has 2 aromatic rings. The SMILES string of the molecule is COCc1cncc(-c2ccc(O)c3c2C[C@H]2CC4C(C(=O)C(C(N)=O)=C(O)[C@H]4N(C)C)C(=O)C2=C3O)c1. The van der Waals surface area contributed by atoms with Gasteiger partial charge in [-0.1, -0.05) is 6.07 Å². The van der Waals surface area contributed by atoms with E-state index in [0.717, 1.165) is 16.7 Å². The first kappa shape index (κ1) is 25.6. The molecule has 5 N–H and O–H groups in total. The lowest BCUT2D eigenvalue weighted by Gasteiger charge is -2.46. The first-order valence-corrected chi connectivity index (χ1v) is 12.3. The van der Waals surface area contributed by atoms with E-state index in [9.17, 15) is 29.7 Å². The lowest BCUT2D eigenvalue weighted by molar-refractivity contribution is -0.136. The van der Waals surface area contributed by atoms with Crippen LogP contribution < -0.4 is 5.73 Å². The highest BCUT2D eigenvalue weighted by atomic mass is 16.5. The average Bonchev–Trinajstić information content (AvgIpc) is 2.83. The summed E-state index contributed by atoms with van der Waals surface area (Å²) in [5.41, 5.74) is 8.02. The van der Waals surface area contributed by atoms with E-state index in [1.54, 1.807) is 44.6 Å². The fourth-order valence-electron chi connectivity index (χ4n) is 6.42. The number of amides is 1. The third kappa shape index (κ3) is 3.79. The number of fused-ring (bicyclic) bond motifs is 3. The van der Waals surface area contributed by atoms with Crippen LogP contribution in [0.1, 0.15) is 23.1 Å². The molecular weight excluding hydrogens is 490 g/mol. The zero-order valence-electron chi connectivity index (χ0n) is 21.3. The monoisotopic (exact) mass is 519 g/mol. The zero-order valence-corrected chi connectivity index (χ0v) is 21.3. The number of Topliss-reactive ketones (excluding diaryl/α,β-unsaturated/α-hetero) is 2. The molecule has 1 fully saturated rings. The molecule has 1 aromatic heterocycles. The summed E-state index contributed by atoms with van der Waals surface area (Å²) in [5.74, 6) is -5.98. The Labute approximate surface area is 219 Å². The highest BCUT2D eigenvalue weighted by molar-refractivity contribution is 6.28. The summed E-state index contributed by atoms with van der Waals surface area (Å²) >= 11 is 0. The van der Waals surface area contributed by atoms with E-state index in [1.807, 2.05) is 6.07 Å². The number of aliphatic hydroxyl groups is 2. The smallest absolute Gasteiger partial charge is 0.255 e. The van der Waals surface area contributed by atoms with E-state index in [-0.39, 0.29) is 29.1 Å². The summed E-state index contributed by atoms with van der Waals surface area (Å²) in [6, 6.07) is 4.32. The largest absolute Gasteiger partial charge is 0.510 e. The second-order valence-electron chi connectivity index (χ2n) is 10.3. The van der Waals surface area contributed by atoms with Gasteiger partial charge in [-0.3, -0.25) is 24.3 Å². The van der Waals surface area contributed by atoms with Gasteiger partial charge in [0.2, 0.25) is 0 Å². The molecule has 0 bridgehead atoms. The Kier molecular flexibility index (Phi) is 6.32. The quantitative estimate of drug-likeness (QED) is 0.342. The van der Waals surface area contributed by atoms with Crippen molar-refractivity contribution in [2.75, 3.05) is 21.2 Å². The molecule has 38 heavy (non-hydrogen) atoms. The van der Waals surface area contributed by atoms with E-state index in [2.05, 4.69) is 4.98 Å². The van der Waals surface area contributed by atoms with E-state index >= 15 is 0 Å². The number of methoxy groups -OCH3 is 1. The van der Waals surface area contributed by atoms with Gasteiger partial charge in [0.05, 0.1) is 24.1 Å². The van der Waals surface area contributed by atoms with Crippen molar-refractivity contribution in [3.8, 4) is 16.9 Å². The number of ether oxygens (including phenoxy) is 1. The maximum absolute atomic E-state index is 13.8. The number of aromatic nitrogens is 1. The summed E-state index contributed by atoms with van der Waals surface area (Å²) in [7, 11) is 4.96. The molecule has 1 heterocycles. The first-order chi connectivity index (χ1) is 18.1. The van der Waals surface area contributed by atoms with E-state index in [0.29, 0.717) is 18.6 Å². The Morgan fingerprint density at radius 2 is 1.89 bits per heavy atom. The third-order valence-corrected chi connectivity index (χ3v) is 7.86. The average molecular weight is 520 g/mol. The number of phenolic OH excluding ortho intramolecular Hbond substituents is 1. The number of nitrogens with zero attached hydrogens (tertiary/aromatic N) is 2. The molecule has 198 valence electrons. The van der Waals surface area contributed by atoms with Gasteiger partial charge in [0, 0.05) is 30.6 Å². The summed E-state index contributed by atoms with van der Waals surface area (Å²) in [6.45, 7) is 0.362. The number of carbonyl (C=O) groups is 3. The predicted molar refractivity (Wildman–Crippen MR) is 137 cm³/mol. The van der Waals surface area contributed by atoms with Crippen molar-refractivity contribution < 1.29 is 34.4 Å². The minimum Gasteiger partial charge on any atom is -0.510 e. The van der Waals surface area contributed by atoms with Crippen LogP contribution in [-0.2, 0) is 32.1 Å². The number of likely N-dealkylation sites (N-methyl/N-ethyl adjacent to an activating group) is 1. The van der Waals surface area contributed by atoms with Crippen LogP contribution in [0.2, 0.25) is 0 Å². The molecule has 5 rings (SSSR count). The van der Waals surface area contributed by atoms with Crippen LogP contribution >= 0.6 is 0 Å². The number of carbonyl (C=O) groups excluding carboxylic acids is 3. The zero-order chi connectivity index (χ0) is 27.5. The summed E-state index contributed by atoms with van der Waals surface area (Å²) in [4.78, 5) is 45.1. The van der Waals surface area contributed by atoms with E-state index < -0.39 is 52.6 Å². The molecular formula is C28H29N3O7. The van der Waals surface area contributed by atoms with Gasteiger partial charge in [0.15, 0.2) is 11.6 Å². The lowest BCUT2D eigenvalue weighted by atomic mass is 9.59. The number of rotatable bonds is 5. The Morgan fingerprint density at radius 1 is 1.16 bits per heavy atom. The van der Waals surface area contributed by atoms with Gasteiger partial charge in [0.1, 0.15) is 22.8 Å². The number of aromatic hydroxyl groups is 1. The van der Waals surface area contributed by atoms with E-state index in [4.69, 9.17) is 10.5 Å². The van der Waals surface area contributed by atoms with Crippen molar-refractivity contribution in [1.29, 1.82) is 0 Å². The van der Waals surface area contributed by atoms with Crippen LogP contribution in [0.5, 0.6) is 5.75 Å². The summed E-state index contributed by atoms with van der Waals surface area (Å²) in [6.07, 6.45) is 3.97. The third-order valence-electron chi connectivity index (χ3n) is 7.86. The number of benzene rings is 1. The highest BCUT2D eigenvalue weighted by Gasteiger charge is 2.55. The Morgan fingerprint density at radius 3 is 2.55 bits per heavy atom. The van der Waals surface area contributed by atoms with Gasteiger partial charge >= 0.3 is 0 Å². The molecule has 4 atom stereocenters. The molecule has 1 amide bonds. The van der Waals surface area contributed by atoms with Crippen molar-refractivity contribution in [1.82, 2.24) is 9.88 Å². The second-order valence-corrected chi connectivity index (χ2v) is 10.3. The summed E-state index contributed by atoms with van der Waals surface area (Å²) in [5, 5.41) is 33.0. The van der Waals surface area contributed by atoms with Gasteiger partial charge in [-0.15, -0.1) is 0 Å². The Bertz CT molecular complexity index is 1440. The lowest BCUT2D eigenvalue weighted by Crippen LogP contribution is -2.55. The molecule has 0 radical (unpaired) electrons. The predicted octanol–water partition coefficient (Wildman–Crippen LogP) is 2.06. The molecule has 0 spiro atoms. The van der Waals surface area contributed by atoms with Crippen molar-refractivity contribution in [2.24, 2.45) is 23.5 Å². The van der Waals surface area contributed by atoms with Crippen LogP contribution in [-0.4, -0.2) is 69.9 Å². The van der Waals surface area contributed by atoms with Gasteiger partial charge in [-0.05, 0) is 67.6 Å². The molecule has 2 unspecified atom stereocenters. The molecule has 3 aliphatic carbocycles. The minimum atomic E-state index is -1.28. The van der Waals surface area contributed by atoms with Crippen molar-refractivity contribution in [3.63, 3.8) is 0 Å². The van der Waals surface area contributed by atoms with Crippen LogP contribution in [0.4, 0.5) is 0 Å². The van der Waals surface area contributed by atoms with Crippen molar-refractivity contribution in [3.05, 3.63) is 64.2 Å². The Hall–Kier alpha value is -4.02. The highest BCUT2D eigenvalue weighted by Crippen LogP contribution is 2.51. The number of primary amides is 1. The summed E-state index contributed by atoms with van der Waals surface area (Å²) < 4.78 is 5.22. The van der Waals surface area contributed by atoms with Crippen LogP contribution in [0.3, 0.4) is 0 Å². The van der Waals surface area contributed by atoms with Crippen molar-refractivity contribution >= 4 is 23.2 Å². The van der Waals surface area contributed by atoms with Gasteiger partial charge in [0.25, 0.3) is 5.91 Å². The maximum atomic E-state index is 13.8. The number of allylic oxidation sites excluding steroid dienone is 1. The molecule has 3 aliphatic rings. The normalized spacial score (nSPS) is 24.8. The van der Waals surface area contributed by atoms with Crippen LogP contribution in [0.15, 0.2) is 47.5 Å². The van der Waals surface area contributed by atoms with Gasteiger partial charge in [-0.2, -0.15) is 0 Å². The number of ketones is 2. The standard InChI is InChI=1S/C28H29N3O7/c1-31(2)23-17-8-13-7-16-15(14-6-12(11-38-3)9-30-10-14)4-5-18(32)20(16)24(33)19(13)25(34)21(17)26(35)22(27(23)36)28(29)37/h4-6,9-10,13,17,21,23,32-33,36H,7-8,11H2,1-3H3,(H2,29,37)/t13-,17?,21?,23-/m0/s1. The first-order valence-electron chi connectivity index (χ1n) is 12.3. The number of hydrogen-bond acceptors (Lipinski definition) is 9. The number of nitrogens with two attached hydrogens (primary N) is 1. The van der Waals surface area contributed by atoms with E-state index in [1.165, 1.54) is 6.07 Å². The molecule has 0 saturated heterocycles. The fraction of sp³-hybridized carbons (Fsp3) is 0.357. The van der Waals surface area contributed by atoms with Crippen LogP contribution in [0, 0.1) is 17.8 Å². The molecule has 0 aliphatic heterocycles. The van der Waals surface area contributed by atoms with Gasteiger partial charge < -0.3 is 25.8 Å².